The third-order valence-corrected chi connectivity index (χ3v) is 3.39. The summed E-state index contributed by atoms with van der Waals surface area (Å²) in [6.07, 6.45) is 8.00. The van der Waals surface area contributed by atoms with E-state index in [0.717, 1.165) is 11.4 Å². The molecule has 1 aromatic carbocycles. The molecule has 0 bridgehead atoms. The average Bonchev–Trinajstić information content (AvgIpc) is 2.98. The molecule has 2 aromatic rings. The number of benzene rings is 1. The van der Waals surface area contributed by atoms with Crippen LogP contribution in [0.5, 0.6) is 0 Å². The van der Waals surface area contributed by atoms with Crippen molar-refractivity contribution >= 4 is 5.69 Å². The number of nitrogens with one attached hydrogen (secondary N) is 1. The fourth-order valence-electron chi connectivity index (χ4n) is 2.28. The molecule has 1 aromatic heterocycles. The number of nitrogens with zero attached hydrogens (tertiary/aromatic N) is 4. The number of hydrogen-bond donors (Lipinski definition) is 1. The van der Waals surface area contributed by atoms with Crippen LogP contribution >= 0.6 is 0 Å². The Hall–Kier alpha value is -1.91. The van der Waals surface area contributed by atoms with Gasteiger partial charge < -0.3 is 5.32 Å². The fourth-order valence-corrected chi connectivity index (χ4v) is 2.28. The highest BCUT2D eigenvalue weighted by Crippen LogP contribution is 2.20. The van der Waals surface area contributed by atoms with Crippen LogP contribution in [0.4, 0.5) is 5.69 Å². The molecule has 1 unspecified atom stereocenters. The molecule has 0 fully saturated rings. The molecule has 1 heterocycles. The molecule has 0 saturated carbocycles. The van der Waals surface area contributed by atoms with E-state index in [4.69, 9.17) is 0 Å². The van der Waals surface area contributed by atoms with Crippen molar-refractivity contribution in [2.75, 3.05) is 5.32 Å². The average molecular weight is 273 g/mol. The fraction of sp³-hybridized carbons (Fsp3) is 0.533. The molecule has 0 aliphatic rings. The second kappa shape index (κ2) is 7.62. The second-order valence-corrected chi connectivity index (χ2v) is 5.17. The first-order chi connectivity index (χ1) is 9.81. The van der Waals surface area contributed by atoms with Crippen molar-refractivity contribution in [3.63, 3.8) is 0 Å². The molecule has 0 amide bonds. The summed E-state index contributed by atoms with van der Waals surface area (Å²) in [7, 11) is 0. The molecule has 1 N–H and O–H groups in total. The molecule has 108 valence electrons. The molecular weight excluding hydrogens is 250 g/mol. The number of tetrazole rings is 1. The summed E-state index contributed by atoms with van der Waals surface area (Å²) in [5.41, 5.74) is 2.06. The van der Waals surface area contributed by atoms with E-state index in [1.54, 1.807) is 11.0 Å². The lowest BCUT2D eigenvalue weighted by Crippen LogP contribution is -2.16. The van der Waals surface area contributed by atoms with Crippen molar-refractivity contribution in [1.82, 2.24) is 20.2 Å². The summed E-state index contributed by atoms with van der Waals surface area (Å²) in [5, 5.41) is 14.9. The Morgan fingerprint density at radius 3 is 2.80 bits per heavy atom. The van der Waals surface area contributed by atoms with Crippen LogP contribution in [0.2, 0.25) is 0 Å². The number of hydrogen-bond acceptors (Lipinski definition) is 4. The van der Waals surface area contributed by atoms with E-state index in [9.17, 15) is 0 Å². The SMILES string of the molecule is CCCCCCC(C)Nc1ccccc1-n1cnnn1. The number of para-hydroxylation sites is 2. The van der Waals surface area contributed by atoms with Crippen molar-refractivity contribution in [1.29, 1.82) is 0 Å². The first-order valence-corrected chi connectivity index (χ1v) is 7.40. The maximum absolute atomic E-state index is 3.96. The quantitative estimate of drug-likeness (QED) is 0.749. The van der Waals surface area contributed by atoms with Crippen LogP contribution in [0.3, 0.4) is 0 Å². The largest absolute Gasteiger partial charge is 0.381 e. The van der Waals surface area contributed by atoms with E-state index < -0.39 is 0 Å². The molecule has 20 heavy (non-hydrogen) atoms. The lowest BCUT2D eigenvalue weighted by atomic mass is 10.1. The Morgan fingerprint density at radius 2 is 2.05 bits per heavy atom. The highest BCUT2D eigenvalue weighted by molar-refractivity contribution is 5.60. The van der Waals surface area contributed by atoms with Gasteiger partial charge in [0.2, 0.25) is 0 Å². The Bertz CT molecular complexity index is 495. The van der Waals surface area contributed by atoms with Crippen molar-refractivity contribution in [3.8, 4) is 5.69 Å². The van der Waals surface area contributed by atoms with Crippen molar-refractivity contribution in [2.45, 2.75) is 52.0 Å². The maximum atomic E-state index is 3.96. The molecule has 1 atom stereocenters. The van der Waals surface area contributed by atoms with Crippen molar-refractivity contribution in [2.24, 2.45) is 0 Å². The summed E-state index contributed by atoms with van der Waals surface area (Å²) in [4.78, 5) is 0. The van der Waals surface area contributed by atoms with Gasteiger partial charge in [0.1, 0.15) is 6.33 Å². The summed E-state index contributed by atoms with van der Waals surface area (Å²) in [6.45, 7) is 4.46. The van der Waals surface area contributed by atoms with Crippen molar-refractivity contribution < 1.29 is 0 Å². The van der Waals surface area contributed by atoms with Gasteiger partial charge in [-0.3, -0.25) is 0 Å². The molecule has 0 radical (unpaired) electrons. The van der Waals surface area contributed by atoms with Crippen LogP contribution in [0, 0.1) is 0 Å². The summed E-state index contributed by atoms with van der Waals surface area (Å²) in [6, 6.07) is 8.56. The number of anilines is 1. The Morgan fingerprint density at radius 1 is 1.20 bits per heavy atom. The van der Waals surface area contributed by atoms with Crippen LogP contribution in [-0.4, -0.2) is 26.2 Å². The Balaban J connectivity index is 1.95. The van der Waals surface area contributed by atoms with Crippen LogP contribution in [0.1, 0.15) is 46.0 Å². The third-order valence-electron chi connectivity index (χ3n) is 3.39. The van der Waals surface area contributed by atoms with Gasteiger partial charge in [-0.1, -0.05) is 44.7 Å². The van der Waals surface area contributed by atoms with Gasteiger partial charge in [0.25, 0.3) is 0 Å². The lowest BCUT2D eigenvalue weighted by Gasteiger charge is -2.17. The van der Waals surface area contributed by atoms with Gasteiger partial charge in [-0.05, 0) is 35.9 Å². The smallest absolute Gasteiger partial charge is 0.143 e. The number of aromatic nitrogens is 4. The first kappa shape index (κ1) is 14.5. The molecule has 0 aliphatic heterocycles. The van der Waals surface area contributed by atoms with E-state index in [2.05, 4.69) is 40.8 Å². The molecule has 0 aliphatic carbocycles. The topological polar surface area (TPSA) is 55.6 Å². The molecule has 5 nitrogen and oxygen atoms in total. The third kappa shape index (κ3) is 4.05. The summed E-state index contributed by atoms with van der Waals surface area (Å²) < 4.78 is 1.69. The number of rotatable bonds is 8. The van der Waals surface area contributed by atoms with E-state index in [-0.39, 0.29) is 0 Å². The zero-order valence-corrected chi connectivity index (χ0v) is 12.3. The van der Waals surface area contributed by atoms with Crippen LogP contribution < -0.4 is 5.32 Å². The zero-order valence-electron chi connectivity index (χ0n) is 12.3. The van der Waals surface area contributed by atoms with Gasteiger partial charge in [0.05, 0.1) is 11.4 Å². The second-order valence-electron chi connectivity index (χ2n) is 5.17. The van der Waals surface area contributed by atoms with E-state index in [1.807, 2.05) is 18.2 Å². The van der Waals surface area contributed by atoms with Crippen LogP contribution in [-0.2, 0) is 0 Å². The standard InChI is InChI=1S/C15H23N5/c1-3-4-5-6-9-13(2)17-14-10-7-8-11-15(14)20-12-16-18-19-20/h7-8,10-13,17H,3-6,9H2,1-2H3. The van der Waals surface area contributed by atoms with Gasteiger partial charge in [-0.2, -0.15) is 4.68 Å². The zero-order chi connectivity index (χ0) is 14.2. The van der Waals surface area contributed by atoms with Gasteiger partial charge in [-0.25, -0.2) is 0 Å². The van der Waals surface area contributed by atoms with E-state index in [1.165, 1.54) is 32.1 Å². The van der Waals surface area contributed by atoms with Crippen LogP contribution in [0.15, 0.2) is 30.6 Å². The lowest BCUT2D eigenvalue weighted by molar-refractivity contribution is 0.593. The van der Waals surface area contributed by atoms with E-state index in [0.29, 0.717) is 6.04 Å². The van der Waals surface area contributed by atoms with Gasteiger partial charge in [0, 0.05) is 6.04 Å². The van der Waals surface area contributed by atoms with Crippen molar-refractivity contribution in [3.05, 3.63) is 30.6 Å². The molecule has 5 heteroatoms. The normalized spacial score (nSPS) is 12.3. The molecule has 0 spiro atoms. The predicted molar refractivity (Wildman–Crippen MR) is 81.0 cm³/mol. The minimum Gasteiger partial charge on any atom is -0.381 e. The van der Waals surface area contributed by atoms with E-state index >= 15 is 0 Å². The molecular formula is C15H23N5. The first-order valence-electron chi connectivity index (χ1n) is 7.40. The highest BCUT2D eigenvalue weighted by atomic mass is 15.5. The van der Waals surface area contributed by atoms with Crippen LogP contribution in [0.25, 0.3) is 5.69 Å². The predicted octanol–water partition coefficient (Wildman–Crippen LogP) is 3.43. The maximum Gasteiger partial charge on any atom is 0.143 e. The minimum atomic E-state index is 0.449. The molecule has 2 rings (SSSR count). The number of unbranched alkanes of at least 4 members (excludes halogenated alkanes) is 3. The monoisotopic (exact) mass is 273 g/mol. The Labute approximate surface area is 120 Å². The Kier molecular flexibility index (Phi) is 5.53. The van der Waals surface area contributed by atoms with Gasteiger partial charge >= 0.3 is 0 Å². The summed E-state index contributed by atoms with van der Waals surface area (Å²) in [5.74, 6) is 0. The summed E-state index contributed by atoms with van der Waals surface area (Å²) >= 11 is 0. The van der Waals surface area contributed by atoms with Gasteiger partial charge in [0.15, 0.2) is 0 Å². The highest BCUT2D eigenvalue weighted by Gasteiger charge is 2.08. The van der Waals surface area contributed by atoms with Gasteiger partial charge in [-0.15, -0.1) is 5.10 Å². The molecule has 0 saturated heterocycles. The minimum absolute atomic E-state index is 0.449.